The molecule has 0 radical (unpaired) electrons. The van der Waals surface area contributed by atoms with Crippen LogP contribution in [0.3, 0.4) is 0 Å². The first-order valence-corrected chi connectivity index (χ1v) is 3.61. The Morgan fingerprint density at radius 3 is 2.38 bits per heavy atom. The molecule has 0 rings (SSSR count). The van der Waals surface area contributed by atoms with E-state index in [1.807, 2.05) is 0 Å². The molecule has 6 heteroatoms. The molecule has 0 saturated heterocycles. The highest BCUT2D eigenvalue weighted by Gasteiger charge is 2.13. The standard InChI is InChI=1S/C7H11NO5/c1-4(9)7(12)13-3-2-5(8)6(10)11/h5H,2-3,8H2,1H3,(H,10,11)/t5-/m0/s1. The van der Waals surface area contributed by atoms with Crippen molar-refractivity contribution in [1.29, 1.82) is 0 Å². The Balaban J connectivity index is 3.62. The summed E-state index contributed by atoms with van der Waals surface area (Å²) in [4.78, 5) is 31.0. The third kappa shape index (κ3) is 4.91. The van der Waals surface area contributed by atoms with Gasteiger partial charge in [-0.15, -0.1) is 0 Å². The molecule has 0 aromatic heterocycles. The number of carboxylic acids is 1. The zero-order chi connectivity index (χ0) is 10.4. The van der Waals surface area contributed by atoms with E-state index in [1.165, 1.54) is 0 Å². The van der Waals surface area contributed by atoms with Gasteiger partial charge in [0.05, 0.1) is 6.61 Å². The van der Waals surface area contributed by atoms with Gasteiger partial charge in [0.2, 0.25) is 5.78 Å². The van der Waals surface area contributed by atoms with Crippen LogP contribution >= 0.6 is 0 Å². The van der Waals surface area contributed by atoms with Crippen LogP contribution in [0.25, 0.3) is 0 Å². The molecule has 0 bridgehead atoms. The lowest BCUT2D eigenvalue weighted by molar-refractivity contribution is -0.153. The predicted octanol–water partition coefficient (Wildman–Crippen LogP) is -1.08. The van der Waals surface area contributed by atoms with Crippen molar-refractivity contribution in [3.63, 3.8) is 0 Å². The van der Waals surface area contributed by atoms with Gasteiger partial charge in [0.1, 0.15) is 6.04 Å². The molecule has 0 aliphatic carbocycles. The number of hydrogen-bond donors (Lipinski definition) is 2. The summed E-state index contributed by atoms with van der Waals surface area (Å²) in [6, 6.07) is -1.07. The van der Waals surface area contributed by atoms with E-state index >= 15 is 0 Å². The van der Waals surface area contributed by atoms with E-state index < -0.39 is 23.8 Å². The Morgan fingerprint density at radius 1 is 1.46 bits per heavy atom. The minimum absolute atomic E-state index is 0.00560. The Bertz CT molecular complexity index is 225. The smallest absolute Gasteiger partial charge is 0.374 e. The van der Waals surface area contributed by atoms with Gasteiger partial charge in [-0.1, -0.05) is 0 Å². The van der Waals surface area contributed by atoms with E-state index in [0.717, 1.165) is 6.92 Å². The average molecular weight is 189 g/mol. The maximum absolute atomic E-state index is 10.5. The number of nitrogens with two attached hydrogens (primary N) is 1. The molecule has 0 aliphatic heterocycles. The van der Waals surface area contributed by atoms with Crippen molar-refractivity contribution in [3.05, 3.63) is 0 Å². The zero-order valence-electron chi connectivity index (χ0n) is 7.15. The quantitative estimate of drug-likeness (QED) is 0.421. The van der Waals surface area contributed by atoms with Gasteiger partial charge < -0.3 is 15.6 Å². The van der Waals surface area contributed by atoms with Crippen LogP contribution in [0.4, 0.5) is 0 Å². The third-order valence-corrected chi connectivity index (χ3v) is 1.27. The molecule has 0 heterocycles. The van der Waals surface area contributed by atoms with Crippen LogP contribution in [0.2, 0.25) is 0 Å². The van der Waals surface area contributed by atoms with Crippen LogP contribution < -0.4 is 5.73 Å². The maximum Gasteiger partial charge on any atom is 0.374 e. The molecule has 0 amide bonds. The second-order valence-corrected chi connectivity index (χ2v) is 2.43. The van der Waals surface area contributed by atoms with Crippen molar-refractivity contribution in [3.8, 4) is 0 Å². The van der Waals surface area contributed by atoms with Crippen LogP contribution in [0.1, 0.15) is 13.3 Å². The van der Waals surface area contributed by atoms with Gasteiger partial charge in [-0.3, -0.25) is 9.59 Å². The molecular weight excluding hydrogens is 178 g/mol. The van der Waals surface area contributed by atoms with E-state index in [-0.39, 0.29) is 13.0 Å². The van der Waals surface area contributed by atoms with Crippen LogP contribution in [0.5, 0.6) is 0 Å². The molecule has 0 saturated carbocycles. The van der Waals surface area contributed by atoms with Crippen LogP contribution in [0, 0.1) is 0 Å². The van der Waals surface area contributed by atoms with Crippen molar-refractivity contribution in [2.75, 3.05) is 6.61 Å². The van der Waals surface area contributed by atoms with E-state index in [9.17, 15) is 14.4 Å². The highest BCUT2D eigenvalue weighted by molar-refractivity contribution is 6.32. The number of ketones is 1. The Hall–Kier alpha value is -1.43. The lowest BCUT2D eigenvalue weighted by Gasteiger charge is -2.05. The summed E-state index contributed by atoms with van der Waals surface area (Å²) in [6.07, 6.45) is -0.00560. The summed E-state index contributed by atoms with van der Waals surface area (Å²) in [7, 11) is 0. The molecule has 74 valence electrons. The largest absolute Gasteiger partial charge is 0.480 e. The van der Waals surface area contributed by atoms with Gasteiger partial charge in [0.25, 0.3) is 0 Å². The first kappa shape index (κ1) is 11.6. The fourth-order valence-corrected chi connectivity index (χ4v) is 0.504. The lowest BCUT2D eigenvalue weighted by Crippen LogP contribution is -2.32. The zero-order valence-corrected chi connectivity index (χ0v) is 7.15. The molecule has 0 unspecified atom stereocenters. The van der Waals surface area contributed by atoms with Crippen LogP contribution in [0.15, 0.2) is 0 Å². The summed E-state index contributed by atoms with van der Waals surface area (Å²) in [5.41, 5.74) is 5.10. The first-order valence-electron chi connectivity index (χ1n) is 3.61. The van der Waals surface area contributed by atoms with Crippen molar-refractivity contribution in [2.45, 2.75) is 19.4 Å². The van der Waals surface area contributed by atoms with Crippen LogP contribution in [-0.4, -0.2) is 35.5 Å². The number of aliphatic carboxylic acids is 1. The Morgan fingerprint density at radius 2 is 2.00 bits per heavy atom. The molecule has 0 aromatic rings. The molecule has 13 heavy (non-hydrogen) atoms. The second-order valence-electron chi connectivity index (χ2n) is 2.43. The van der Waals surface area contributed by atoms with Gasteiger partial charge in [0, 0.05) is 13.3 Å². The van der Waals surface area contributed by atoms with E-state index in [2.05, 4.69) is 4.74 Å². The summed E-state index contributed by atoms with van der Waals surface area (Å²) in [5, 5.41) is 8.32. The summed E-state index contributed by atoms with van der Waals surface area (Å²) < 4.78 is 4.39. The van der Waals surface area contributed by atoms with Gasteiger partial charge in [-0.2, -0.15) is 0 Å². The highest BCUT2D eigenvalue weighted by Crippen LogP contribution is 1.90. The second kappa shape index (κ2) is 5.26. The normalized spacial score (nSPS) is 11.8. The fraction of sp³-hybridized carbons (Fsp3) is 0.571. The summed E-state index contributed by atoms with van der Waals surface area (Å²) in [6.45, 7) is 0.908. The number of ether oxygens (including phenoxy) is 1. The number of Topliss-reactive ketones (excluding diaryl/α,β-unsaturated/α-hetero) is 1. The minimum Gasteiger partial charge on any atom is -0.480 e. The van der Waals surface area contributed by atoms with Gasteiger partial charge in [-0.25, -0.2) is 4.79 Å². The SMILES string of the molecule is CC(=O)C(=O)OCC[C@H](N)C(=O)O. The molecule has 0 aliphatic rings. The molecule has 3 N–H and O–H groups in total. The number of hydrogen-bond acceptors (Lipinski definition) is 5. The number of rotatable bonds is 5. The van der Waals surface area contributed by atoms with Gasteiger partial charge in [-0.05, 0) is 0 Å². The Labute approximate surface area is 74.7 Å². The number of carboxylic acid groups (broad SMARTS) is 1. The average Bonchev–Trinajstić information content (AvgIpc) is 2.03. The first-order chi connectivity index (χ1) is 5.95. The number of carbonyl (C=O) groups is 3. The summed E-state index contributed by atoms with van der Waals surface area (Å²) in [5.74, 6) is -2.86. The van der Waals surface area contributed by atoms with Crippen molar-refractivity contribution in [1.82, 2.24) is 0 Å². The molecule has 0 aromatic carbocycles. The monoisotopic (exact) mass is 189 g/mol. The van der Waals surface area contributed by atoms with Gasteiger partial charge >= 0.3 is 11.9 Å². The van der Waals surface area contributed by atoms with Crippen LogP contribution in [-0.2, 0) is 19.1 Å². The van der Waals surface area contributed by atoms with E-state index in [0.29, 0.717) is 0 Å². The molecule has 0 spiro atoms. The molecular formula is C7H11NO5. The van der Waals surface area contributed by atoms with Crippen molar-refractivity contribution >= 4 is 17.7 Å². The van der Waals surface area contributed by atoms with Gasteiger partial charge in [0.15, 0.2) is 0 Å². The third-order valence-electron chi connectivity index (χ3n) is 1.27. The van der Waals surface area contributed by atoms with Crippen molar-refractivity contribution < 1.29 is 24.2 Å². The fourth-order valence-electron chi connectivity index (χ4n) is 0.504. The lowest BCUT2D eigenvalue weighted by atomic mass is 10.2. The van der Waals surface area contributed by atoms with E-state index in [4.69, 9.17) is 10.8 Å². The molecule has 1 atom stereocenters. The number of carbonyl (C=O) groups excluding carboxylic acids is 2. The molecule has 0 fully saturated rings. The number of esters is 1. The Kier molecular flexibility index (Phi) is 4.68. The minimum atomic E-state index is -1.17. The maximum atomic E-state index is 10.5. The molecule has 6 nitrogen and oxygen atoms in total. The van der Waals surface area contributed by atoms with E-state index in [1.54, 1.807) is 0 Å². The topological polar surface area (TPSA) is 107 Å². The predicted molar refractivity (Wildman–Crippen MR) is 41.9 cm³/mol. The summed E-state index contributed by atoms with van der Waals surface area (Å²) >= 11 is 0. The van der Waals surface area contributed by atoms with Crippen molar-refractivity contribution in [2.24, 2.45) is 5.73 Å². The highest BCUT2D eigenvalue weighted by atomic mass is 16.5.